The van der Waals surface area contributed by atoms with Crippen molar-refractivity contribution in [1.29, 1.82) is 0 Å². The molecule has 1 amide bonds. The predicted molar refractivity (Wildman–Crippen MR) is 117 cm³/mol. The fourth-order valence-electron chi connectivity index (χ4n) is 5.56. The van der Waals surface area contributed by atoms with Crippen molar-refractivity contribution in [2.24, 2.45) is 11.3 Å². The normalized spacial score (nSPS) is 30.3. The van der Waals surface area contributed by atoms with Gasteiger partial charge in [-0.15, -0.1) is 13.2 Å². The first kappa shape index (κ1) is 23.3. The van der Waals surface area contributed by atoms with Gasteiger partial charge in [0.1, 0.15) is 5.75 Å². The molecule has 0 aromatic heterocycles. The highest BCUT2D eigenvalue weighted by molar-refractivity contribution is 7.80. The van der Waals surface area contributed by atoms with Crippen LogP contribution < -0.4 is 15.4 Å². The third-order valence-electron chi connectivity index (χ3n) is 7.46. The van der Waals surface area contributed by atoms with Crippen LogP contribution in [0, 0.1) is 11.3 Å². The molecule has 1 saturated heterocycles. The molecule has 2 spiro atoms. The molecule has 0 radical (unpaired) electrons. The Bertz CT molecular complexity index is 899. The van der Waals surface area contributed by atoms with Gasteiger partial charge in [0.15, 0.2) is 10.7 Å². The maximum Gasteiger partial charge on any atom is 0.573 e. The van der Waals surface area contributed by atoms with Crippen LogP contribution in [0.5, 0.6) is 5.75 Å². The average Bonchev–Trinajstić information content (AvgIpc) is 3.17. The van der Waals surface area contributed by atoms with E-state index in [1.807, 2.05) is 0 Å². The molecule has 3 aliphatic rings. The number of carbonyl (C=O) groups is 1. The van der Waals surface area contributed by atoms with Gasteiger partial charge in [-0.05, 0) is 79.9 Å². The van der Waals surface area contributed by atoms with Crippen LogP contribution in [0.1, 0.15) is 63.5 Å². The summed E-state index contributed by atoms with van der Waals surface area (Å²) >= 11 is 5.24. The number of thiocarbonyl (C=S) groups is 1. The quantitative estimate of drug-likeness (QED) is 0.589. The monoisotopic (exact) mass is 470 g/mol. The second-order valence-corrected chi connectivity index (χ2v) is 9.76. The molecule has 2 atom stereocenters. The molecule has 1 aromatic rings. The van der Waals surface area contributed by atoms with Crippen LogP contribution in [-0.2, 0) is 21.5 Å². The highest BCUT2D eigenvalue weighted by Gasteiger charge is 2.65. The summed E-state index contributed by atoms with van der Waals surface area (Å²) in [5.41, 5.74) is -0.296. The van der Waals surface area contributed by atoms with Crippen LogP contribution in [0.3, 0.4) is 0 Å². The van der Waals surface area contributed by atoms with Crippen molar-refractivity contribution >= 4 is 23.2 Å². The van der Waals surface area contributed by atoms with E-state index in [9.17, 15) is 18.0 Å². The lowest BCUT2D eigenvalue weighted by Gasteiger charge is -2.46. The summed E-state index contributed by atoms with van der Waals surface area (Å²) in [6.07, 6.45) is 1.09. The maximum absolute atomic E-state index is 13.2. The molecule has 2 N–H and O–H groups in total. The van der Waals surface area contributed by atoms with Crippen LogP contribution >= 0.6 is 12.2 Å². The number of fused-ring (bicyclic) bond motifs is 3. The topological polar surface area (TPSA) is 59.6 Å². The average molecular weight is 471 g/mol. The number of alkyl halides is 3. The van der Waals surface area contributed by atoms with Gasteiger partial charge in [-0.2, -0.15) is 0 Å². The largest absolute Gasteiger partial charge is 0.573 e. The molecule has 1 saturated carbocycles. The van der Waals surface area contributed by atoms with Crippen molar-refractivity contribution in [3.8, 4) is 5.75 Å². The Balaban J connectivity index is 1.58. The fourth-order valence-corrected chi connectivity index (χ4v) is 5.81. The molecule has 2 fully saturated rings. The third kappa shape index (κ3) is 4.09. The molecule has 1 heterocycles. The summed E-state index contributed by atoms with van der Waals surface area (Å²) in [5, 5.41) is 6.05. The van der Waals surface area contributed by atoms with E-state index in [1.54, 1.807) is 6.07 Å². The van der Waals surface area contributed by atoms with Crippen LogP contribution in [0.4, 0.5) is 13.2 Å². The summed E-state index contributed by atoms with van der Waals surface area (Å²) in [7, 11) is 0. The van der Waals surface area contributed by atoms with Gasteiger partial charge in [0.05, 0.1) is 6.10 Å². The number of carbonyl (C=O) groups excluding carboxylic acids is 1. The van der Waals surface area contributed by atoms with Gasteiger partial charge < -0.3 is 20.1 Å². The van der Waals surface area contributed by atoms with Crippen molar-refractivity contribution in [2.45, 2.75) is 76.8 Å². The van der Waals surface area contributed by atoms with Crippen LogP contribution in [0.2, 0.25) is 0 Å². The Morgan fingerprint density at radius 2 is 2.00 bits per heavy atom. The van der Waals surface area contributed by atoms with Gasteiger partial charge >= 0.3 is 6.36 Å². The van der Waals surface area contributed by atoms with Crippen molar-refractivity contribution in [3.05, 3.63) is 29.3 Å². The zero-order valence-corrected chi connectivity index (χ0v) is 19.1. The predicted octanol–water partition coefficient (Wildman–Crippen LogP) is 4.72. The lowest BCUT2D eigenvalue weighted by atomic mass is 9.61. The lowest BCUT2D eigenvalue weighted by Crippen LogP contribution is -2.56. The molecule has 32 heavy (non-hydrogen) atoms. The first-order valence-corrected chi connectivity index (χ1v) is 11.6. The molecule has 4 rings (SSSR count). The SMILES string of the molecule is CCC(C)CCOC1CCC2(CC1)Cc1ccc(OC(F)(F)F)cc1C21NC(=S)NC1=O. The Labute approximate surface area is 191 Å². The van der Waals surface area contributed by atoms with Gasteiger partial charge in [-0.25, -0.2) is 0 Å². The number of ether oxygens (including phenoxy) is 2. The molecule has 5 nitrogen and oxygen atoms in total. The summed E-state index contributed by atoms with van der Waals surface area (Å²) in [5.74, 6) is -0.0123. The Kier molecular flexibility index (Phi) is 6.17. The lowest BCUT2D eigenvalue weighted by molar-refractivity contribution is -0.274. The van der Waals surface area contributed by atoms with Crippen LogP contribution in [-0.4, -0.2) is 30.1 Å². The van der Waals surface area contributed by atoms with Gasteiger partial charge in [-0.1, -0.05) is 26.3 Å². The van der Waals surface area contributed by atoms with Crippen molar-refractivity contribution in [1.82, 2.24) is 10.6 Å². The van der Waals surface area contributed by atoms with E-state index in [-0.39, 0.29) is 22.9 Å². The number of hydrogen-bond acceptors (Lipinski definition) is 4. The molecular formula is C23H29F3N2O3S. The summed E-state index contributed by atoms with van der Waals surface area (Å²) in [6.45, 7) is 5.10. The molecule has 2 aliphatic carbocycles. The third-order valence-corrected chi connectivity index (χ3v) is 7.67. The van der Waals surface area contributed by atoms with E-state index in [1.165, 1.54) is 12.1 Å². The maximum atomic E-state index is 13.2. The second-order valence-electron chi connectivity index (χ2n) is 9.35. The number of amides is 1. The molecule has 2 unspecified atom stereocenters. The van der Waals surface area contributed by atoms with Gasteiger partial charge in [0, 0.05) is 12.0 Å². The summed E-state index contributed by atoms with van der Waals surface area (Å²) in [6, 6.07) is 4.29. The molecular weight excluding hydrogens is 441 g/mol. The molecule has 1 aromatic carbocycles. The highest BCUT2D eigenvalue weighted by Crippen LogP contribution is 2.59. The van der Waals surface area contributed by atoms with Gasteiger partial charge in [0.25, 0.3) is 5.91 Å². The Hall–Kier alpha value is -1.87. The van der Waals surface area contributed by atoms with Crippen molar-refractivity contribution in [2.75, 3.05) is 6.61 Å². The fraction of sp³-hybridized carbons (Fsp3) is 0.652. The second kappa shape index (κ2) is 8.48. The van der Waals surface area contributed by atoms with Gasteiger partial charge in [-0.3, -0.25) is 4.79 Å². The molecule has 176 valence electrons. The number of nitrogens with one attached hydrogen (secondary N) is 2. The smallest absolute Gasteiger partial charge is 0.406 e. The van der Waals surface area contributed by atoms with E-state index >= 15 is 0 Å². The molecule has 0 bridgehead atoms. The zero-order chi connectivity index (χ0) is 23.1. The Morgan fingerprint density at radius 3 is 2.59 bits per heavy atom. The minimum absolute atomic E-state index is 0.131. The number of benzene rings is 1. The molecule has 9 heteroatoms. The minimum Gasteiger partial charge on any atom is -0.406 e. The summed E-state index contributed by atoms with van der Waals surface area (Å²) in [4.78, 5) is 13.2. The summed E-state index contributed by atoms with van der Waals surface area (Å²) < 4.78 is 48.7. The zero-order valence-electron chi connectivity index (χ0n) is 18.3. The van der Waals surface area contributed by atoms with Crippen LogP contribution in [0.25, 0.3) is 0 Å². The standard InChI is InChI=1S/C23H29F3N2O3S/c1-3-14(2)8-11-30-16-6-9-21(10-7-16)13-15-4-5-17(31-23(24,25)26)12-18(15)22(21)19(29)27-20(32)28-22/h4-5,12,14,16H,3,6-11,13H2,1-2H3,(H2,27,28,29,32). The first-order valence-electron chi connectivity index (χ1n) is 11.2. The minimum atomic E-state index is -4.80. The van der Waals surface area contributed by atoms with E-state index in [0.29, 0.717) is 30.7 Å². The molecule has 1 aliphatic heterocycles. The van der Waals surface area contributed by atoms with E-state index in [4.69, 9.17) is 17.0 Å². The number of hydrogen-bond donors (Lipinski definition) is 2. The van der Waals surface area contributed by atoms with Crippen molar-refractivity contribution in [3.63, 3.8) is 0 Å². The highest BCUT2D eigenvalue weighted by atomic mass is 32.1. The van der Waals surface area contributed by atoms with E-state index in [0.717, 1.165) is 37.9 Å². The van der Waals surface area contributed by atoms with Crippen molar-refractivity contribution < 1.29 is 27.4 Å². The Morgan fingerprint density at radius 1 is 1.28 bits per heavy atom. The van der Waals surface area contributed by atoms with Crippen LogP contribution in [0.15, 0.2) is 18.2 Å². The number of rotatable bonds is 6. The van der Waals surface area contributed by atoms with E-state index < -0.39 is 17.3 Å². The van der Waals surface area contributed by atoms with Gasteiger partial charge in [0.2, 0.25) is 0 Å². The number of halogens is 3. The first-order chi connectivity index (χ1) is 15.1. The van der Waals surface area contributed by atoms with E-state index in [2.05, 4.69) is 29.2 Å².